The molecule has 0 heterocycles. The Morgan fingerprint density at radius 2 is 2.60 bits per heavy atom. The van der Waals surface area contributed by atoms with Crippen molar-refractivity contribution < 1.29 is 1.43 Å². The van der Waals surface area contributed by atoms with Crippen molar-refractivity contribution >= 4 is 15.4 Å². The summed E-state index contributed by atoms with van der Waals surface area (Å²) in [7, 11) is 0. The van der Waals surface area contributed by atoms with Crippen molar-refractivity contribution in [2.75, 3.05) is 6.54 Å². The van der Waals surface area contributed by atoms with Crippen LogP contribution in [0.15, 0.2) is 0 Å². The van der Waals surface area contributed by atoms with Crippen LogP contribution in [0.25, 0.3) is 0 Å². The Kier molecular flexibility index (Phi) is 4.93. The Morgan fingerprint density at radius 3 is 2.60 bits per heavy atom. The molecular weight excluding hydrogens is 77.0 g/mol. The molecule has 0 aliphatic rings. The second-order valence-corrected chi connectivity index (χ2v) is 1.83. The molecule has 0 aliphatic carbocycles. The zero-order chi connectivity index (χ0) is 4.12. The second-order valence-electron chi connectivity index (χ2n) is 0.846. The summed E-state index contributed by atoms with van der Waals surface area (Å²) >= 11 is 0.536. The molecule has 0 bridgehead atoms. The summed E-state index contributed by atoms with van der Waals surface area (Å²) in [5, 5.41) is 0. The maximum absolute atomic E-state index is 3.19. The molecule has 0 atom stereocenters. The molecule has 0 aromatic carbocycles. The normalized spacial score (nSPS) is 6.80. The van der Waals surface area contributed by atoms with Gasteiger partial charge in [-0.15, -0.1) is 0 Å². The molecule has 0 fully saturated rings. The van der Waals surface area contributed by atoms with E-state index in [0.717, 1.165) is 6.54 Å². The number of hydrogen-bond acceptors (Lipinski definition) is 1. The fraction of sp³-hybridized carbons (Fsp3) is 1.00. The molecule has 5 heavy (non-hydrogen) atoms. The summed E-state index contributed by atoms with van der Waals surface area (Å²) in [5.74, 6) is 2.18. The van der Waals surface area contributed by atoms with Gasteiger partial charge in [-0.1, -0.05) is 0 Å². The third-order valence-corrected chi connectivity index (χ3v) is 1.22. The molecule has 30 valence electrons. The smallest absolute Gasteiger partial charge is 1.00 e. The van der Waals surface area contributed by atoms with Gasteiger partial charge in [-0.05, 0) is 0 Å². The van der Waals surface area contributed by atoms with Gasteiger partial charge in [-0.25, -0.2) is 0 Å². The van der Waals surface area contributed by atoms with E-state index in [9.17, 15) is 0 Å². The van der Waals surface area contributed by atoms with E-state index in [1.165, 1.54) is 0 Å². The molecule has 0 aliphatic heterocycles. The first-order chi connectivity index (χ1) is 2.41. The Morgan fingerprint density at radius 1 is 2.00 bits per heavy atom. The van der Waals surface area contributed by atoms with E-state index in [2.05, 4.69) is 17.0 Å². The molecule has 0 amide bonds. The van der Waals surface area contributed by atoms with E-state index in [1.807, 2.05) is 0 Å². The third kappa shape index (κ3) is 4.49. The molecule has 0 saturated heterocycles. The molecule has 1 nitrogen and oxygen atoms in total. The maximum atomic E-state index is 3.19. The van der Waals surface area contributed by atoms with Gasteiger partial charge in [0.1, 0.15) is 0 Å². The number of rotatable bonds is 2. The molecule has 0 spiro atoms. The molecule has 0 saturated carbocycles. The minimum Gasteiger partial charge on any atom is -1.00 e. The fourth-order valence-corrected chi connectivity index (χ4v) is 0.612. The Bertz CT molecular complexity index is 18.3. The van der Waals surface area contributed by atoms with Gasteiger partial charge in [0.15, 0.2) is 0 Å². The van der Waals surface area contributed by atoms with Crippen molar-refractivity contribution in [3.05, 3.63) is 0 Å². The summed E-state index contributed by atoms with van der Waals surface area (Å²) in [6, 6.07) is 0. The third-order valence-electron chi connectivity index (χ3n) is 0.408. The maximum Gasteiger partial charge on any atom is -1.00 e. The first-order valence-corrected chi connectivity index (χ1v) is 3.66. The van der Waals surface area contributed by atoms with E-state index >= 15 is 0 Å². The van der Waals surface area contributed by atoms with Gasteiger partial charge in [0.2, 0.25) is 0 Å². The molecule has 1 N–H and O–H groups in total. The summed E-state index contributed by atoms with van der Waals surface area (Å²) in [4.78, 5) is 0. The van der Waals surface area contributed by atoms with Crippen LogP contribution in [0.4, 0.5) is 0 Å². The van der Waals surface area contributed by atoms with E-state index in [1.54, 1.807) is 0 Å². The van der Waals surface area contributed by atoms with Crippen LogP contribution in [0.2, 0.25) is 5.79 Å². The fourth-order valence-electron chi connectivity index (χ4n) is 0.204. The first kappa shape index (κ1) is 5.49. The molecule has 0 unspecified atom stereocenters. The second kappa shape index (κ2) is 4.49. The zero-order valence-electron chi connectivity index (χ0n) is 4.78. The molecule has 0 radical (unpaired) electrons. The molecule has 2 heteroatoms. The zero-order valence-corrected chi connectivity index (χ0v) is 4.94. The minimum absolute atomic E-state index is 0. The van der Waals surface area contributed by atoms with Crippen molar-refractivity contribution in [1.82, 2.24) is 4.30 Å². The van der Waals surface area contributed by atoms with Crippen LogP contribution in [0.5, 0.6) is 0 Å². The summed E-state index contributed by atoms with van der Waals surface area (Å²) in [5.41, 5.74) is 0. The molecule has 0 aromatic heterocycles. The van der Waals surface area contributed by atoms with Crippen LogP contribution in [-0.4, -0.2) is 22.0 Å². The number of nitrogens with one attached hydrogen (secondary N) is 1. The average molecular weight is 87.1 g/mol. The Balaban J connectivity index is 0. The number of hydrogen-bond donors (Lipinski definition) is 1. The van der Waals surface area contributed by atoms with Crippen molar-refractivity contribution in [1.29, 1.82) is 0 Å². The van der Waals surface area contributed by atoms with E-state index in [-0.39, 0.29) is 1.43 Å². The predicted molar refractivity (Wildman–Crippen MR) is 26.4 cm³/mol. The monoisotopic (exact) mass is 87.1 g/mol. The summed E-state index contributed by atoms with van der Waals surface area (Å²) in [6.45, 7) is 3.25. The first-order valence-electron chi connectivity index (χ1n) is 1.93. The predicted octanol–water partition coefficient (Wildman–Crippen LogP) is 0.376. The van der Waals surface area contributed by atoms with E-state index < -0.39 is 0 Å². The van der Waals surface area contributed by atoms with Crippen LogP contribution >= 0.6 is 0 Å². The average Bonchev–Trinajstić information content (AvgIpc) is 1.41. The van der Waals surface area contributed by atoms with Gasteiger partial charge >= 0.3 is 39.0 Å². The summed E-state index contributed by atoms with van der Waals surface area (Å²) in [6.07, 6.45) is 0. The van der Waals surface area contributed by atoms with E-state index in [4.69, 9.17) is 0 Å². The quantitative estimate of drug-likeness (QED) is 0.480. The van der Waals surface area contributed by atoms with Gasteiger partial charge < -0.3 is 1.43 Å². The summed E-state index contributed by atoms with van der Waals surface area (Å²) < 4.78 is 3.19. The standard InChI is InChI=1S/C2H6N.CH3.Al.H/c1-2-3;;;/h3H,2H2,1H3;1H3;;/q-1;;+2;-1. The largest absolute Gasteiger partial charge is 1.00 e. The van der Waals surface area contributed by atoms with Crippen molar-refractivity contribution in [2.45, 2.75) is 12.7 Å². The van der Waals surface area contributed by atoms with Crippen LogP contribution in [0.1, 0.15) is 8.35 Å². The SMILES string of the molecule is CC[NH][Al+][CH3].[H-]. The van der Waals surface area contributed by atoms with Crippen LogP contribution in [-0.2, 0) is 0 Å². The molecule has 0 rings (SSSR count). The van der Waals surface area contributed by atoms with Gasteiger partial charge in [-0.2, -0.15) is 0 Å². The van der Waals surface area contributed by atoms with Crippen molar-refractivity contribution in [3.8, 4) is 0 Å². The minimum atomic E-state index is 0. The Labute approximate surface area is 41.2 Å². The van der Waals surface area contributed by atoms with Crippen LogP contribution in [0, 0.1) is 0 Å². The Hall–Kier alpha value is 0.492. The van der Waals surface area contributed by atoms with E-state index in [0.29, 0.717) is 15.4 Å². The van der Waals surface area contributed by atoms with Crippen LogP contribution in [0.3, 0.4) is 0 Å². The van der Waals surface area contributed by atoms with Gasteiger partial charge in [-0.3, -0.25) is 0 Å². The van der Waals surface area contributed by atoms with Crippen molar-refractivity contribution in [2.24, 2.45) is 0 Å². The van der Waals surface area contributed by atoms with Gasteiger partial charge in [0, 0.05) is 0 Å². The van der Waals surface area contributed by atoms with Gasteiger partial charge in [0.25, 0.3) is 0 Å². The topological polar surface area (TPSA) is 12.0 Å². The van der Waals surface area contributed by atoms with Crippen molar-refractivity contribution in [3.63, 3.8) is 0 Å². The van der Waals surface area contributed by atoms with Crippen LogP contribution < -0.4 is 4.30 Å². The van der Waals surface area contributed by atoms with Gasteiger partial charge in [0.05, 0.1) is 0 Å². The molecule has 0 aromatic rings. The molecular formula is C3H10AlN.